The van der Waals surface area contributed by atoms with Gasteiger partial charge >= 0.3 is 5.97 Å². The Kier molecular flexibility index (Phi) is 5.04. The van der Waals surface area contributed by atoms with Gasteiger partial charge in [-0.2, -0.15) is 0 Å². The summed E-state index contributed by atoms with van der Waals surface area (Å²) in [6, 6.07) is 0. The molecule has 2 unspecified atom stereocenters. The maximum absolute atomic E-state index is 12.8. The molecule has 20 heavy (non-hydrogen) atoms. The number of ether oxygens (including phenoxy) is 1. The van der Waals surface area contributed by atoms with Crippen LogP contribution in [0.1, 0.15) is 25.7 Å². The molecule has 0 N–H and O–H groups in total. The second-order valence-electron chi connectivity index (χ2n) is 5.70. The average molecular weight is 304 g/mol. The molecule has 0 spiro atoms. The molecule has 2 fully saturated rings. The van der Waals surface area contributed by atoms with Crippen molar-refractivity contribution in [2.75, 3.05) is 40.3 Å². The predicted molar refractivity (Wildman–Crippen MR) is 75.8 cm³/mol. The summed E-state index contributed by atoms with van der Waals surface area (Å²) < 4.78 is 31.9. The minimum absolute atomic E-state index is 0.386. The van der Waals surface area contributed by atoms with E-state index in [1.165, 1.54) is 7.11 Å². The second-order valence-corrected chi connectivity index (χ2v) is 7.85. The van der Waals surface area contributed by atoms with Crippen LogP contribution < -0.4 is 0 Å². The van der Waals surface area contributed by atoms with E-state index in [2.05, 4.69) is 4.90 Å². The van der Waals surface area contributed by atoms with Gasteiger partial charge in [0.2, 0.25) is 10.0 Å². The van der Waals surface area contributed by atoms with Gasteiger partial charge in [0, 0.05) is 19.6 Å². The molecule has 0 radical (unpaired) electrons. The van der Waals surface area contributed by atoms with Crippen molar-refractivity contribution in [3.63, 3.8) is 0 Å². The summed E-state index contributed by atoms with van der Waals surface area (Å²) in [7, 11) is -0.0794. The Bertz CT molecular complexity index is 451. The van der Waals surface area contributed by atoms with Gasteiger partial charge in [0.15, 0.2) is 0 Å². The van der Waals surface area contributed by atoms with Crippen molar-refractivity contribution in [1.82, 2.24) is 9.21 Å². The number of nitrogens with zero attached hydrogens (tertiary/aromatic N) is 2. The first-order chi connectivity index (χ1) is 9.46. The Hall–Kier alpha value is -0.660. The van der Waals surface area contributed by atoms with Crippen molar-refractivity contribution in [2.24, 2.45) is 5.92 Å². The molecule has 1 saturated carbocycles. The summed E-state index contributed by atoms with van der Waals surface area (Å²) in [6.07, 6.45) is 2.79. The smallest absolute Gasteiger partial charge is 0.310 e. The number of carbonyl (C=O) groups is 1. The van der Waals surface area contributed by atoms with Crippen LogP contribution in [0.3, 0.4) is 0 Å². The minimum atomic E-state index is -3.41. The van der Waals surface area contributed by atoms with Crippen LogP contribution in [0.15, 0.2) is 0 Å². The lowest BCUT2D eigenvalue weighted by Crippen LogP contribution is -2.43. The second kappa shape index (κ2) is 6.41. The van der Waals surface area contributed by atoms with Gasteiger partial charge in [0.25, 0.3) is 0 Å². The Labute approximate surface area is 121 Å². The molecule has 7 heteroatoms. The quantitative estimate of drug-likeness (QED) is 0.701. The molecule has 1 aliphatic heterocycles. The highest BCUT2D eigenvalue weighted by atomic mass is 32.2. The zero-order valence-electron chi connectivity index (χ0n) is 12.2. The van der Waals surface area contributed by atoms with Crippen molar-refractivity contribution in [3.05, 3.63) is 0 Å². The van der Waals surface area contributed by atoms with Crippen LogP contribution in [0, 0.1) is 5.92 Å². The minimum Gasteiger partial charge on any atom is -0.469 e. The van der Waals surface area contributed by atoms with Crippen LogP contribution in [0.5, 0.6) is 0 Å². The average Bonchev–Trinajstić information content (AvgIpc) is 2.81. The topological polar surface area (TPSA) is 66.9 Å². The van der Waals surface area contributed by atoms with E-state index in [-0.39, 0.29) is 5.97 Å². The summed E-state index contributed by atoms with van der Waals surface area (Å²) in [5.41, 5.74) is 0. The van der Waals surface area contributed by atoms with Crippen molar-refractivity contribution < 1.29 is 17.9 Å². The highest BCUT2D eigenvalue weighted by Gasteiger charge is 2.44. The molecule has 2 atom stereocenters. The van der Waals surface area contributed by atoms with Gasteiger partial charge < -0.3 is 9.64 Å². The van der Waals surface area contributed by atoms with Gasteiger partial charge in [-0.05, 0) is 32.9 Å². The normalized spacial score (nSPS) is 30.1. The highest BCUT2D eigenvalue weighted by molar-refractivity contribution is 7.89. The Balaban J connectivity index is 2.14. The summed E-state index contributed by atoms with van der Waals surface area (Å²) in [6.45, 7) is 2.73. The number of likely N-dealkylation sites (N-methyl/N-ethyl adjacent to an activating group) is 1. The number of hydrogen-bond donors (Lipinski definition) is 0. The van der Waals surface area contributed by atoms with E-state index in [0.29, 0.717) is 25.9 Å². The Morgan fingerprint density at radius 2 is 1.85 bits per heavy atom. The fourth-order valence-electron chi connectivity index (χ4n) is 3.17. The number of sulfonamides is 1. The number of esters is 1. The highest BCUT2D eigenvalue weighted by Crippen LogP contribution is 2.34. The maximum atomic E-state index is 12.8. The van der Waals surface area contributed by atoms with E-state index >= 15 is 0 Å². The van der Waals surface area contributed by atoms with Crippen LogP contribution in [0.4, 0.5) is 0 Å². The lowest BCUT2D eigenvalue weighted by molar-refractivity contribution is -0.145. The summed E-state index contributed by atoms with van der Waals surface area (Å²) in [5, 5.41) is -0.599. The van der Waals surface area contributed by atoms with Gasteiger partial charge in [-0.25, -0.2) is 12.7 Å². The van der Waals surface area contributed by atoms with Gasteiger partial charge in [-0.15, -0.1) is 0 Å². The molecule has 0 aromatic heterocycles. The van der Waals surface area contributed by atoms with E-state index in [4.69, 9.17) is 4.74 Å². The molecule has 1 aliphatic carbocycles. The molecule has 0 amide bonds. The van der Waals surface area contributed by atoms with Crippen LogP contribution in [-0.2, 0) is 19.6 Å². The predicted octanol–water partition coefficient (Wildman–Crippen LogP) is 0.295. The van der Waals surface area contributed by atoms with E-state index in [9.17, 15) is 13.2 Å². The lowest BCUT2D eigenvalue weighted by atomic mass is 10.1. The van der Waals surface area contributed by atoms with Crippen molar-refractivity contribution in [1.29, 1.82) is 0 Å². The van der Waals surface area contributed by atoms with Gasteiger partial charge in [-0.1, -0.05) is 6.42 Å². The molecular formula is C13H24N2O4S. The summed E-state index contributed by atoms with van der Waals surface area (Å²) >= 11 is 0. The van der Waals surface area contributed by atoms with Gasteiger partial charge in [-0.3, -0.25) is 4.79 Å². The summed E-state index contributed by atoms with van der Waals surface area (Å²) in [4.78, 5) is 13.9. The Morgan fingerprint density at radius 3 is 2.55 bits per heavy atom. The molecule has 2 rings (SSSR count). The lowest BCUT2D eigenvalue weighted by Gasteiger charge is -2.26. The van der Waals surface area contributed by atoms with E-state index < -0.39 is 21.2 Å². The molecule has 0 aromatic carbocycles. The fraction of sp³-hybridized carbons (Fsp3) is 0.923. The third kappa shape index (κ3) is 3.15. The Morgan fingerprint density at radius 1 is 1.10 bits per heavy atom. The molecule has 2 aliphatic rings. The van der Waals surface area contributed by atoms with E-state index in [1.807, 2.05) is 7.05 Å². The first kappa shape index (κ1) is 15.7. The van der Waals surface area contributed by atoms with Crippen LogP contribution in [0.2, 0.25) is 0 Å². The van der Waals surface area contributed by atoms with Crippen molar-refractivity contribution in [2.45, 2.75) is 30.9 Å². The largest absolute Gasteiger partial charge is 0.469 e. The molecule has 116 valence electrons. The van der Waals surface area contributed by atoms with Gasteiger partial charge in [0.1, 0.15) is 0 Å². The number of methoxy groups -OCH3 is 1. The third-order valence-electron chi connectivity index (χ3n) is 4.38. The summed E-state index contributed by atoms with van der Waals surface area (Å²) in [5.74, 6) is -0.881. The van der Waals surface area contributed by atoms with Gasteiger partial charge in [0.05, 0.1) is 18.3 Å². The number of hydrogen-bond acceptors (Lipinski definition) is 5. The fourth-order valence-corrected chi connectivity index (χ4v) is 5.40. The molecule has 1 saturated heterocycles. The molecular weight excluding hydrogens is 280 g/mol. The zero-order chi connectivity index (χ0) is 14.8. The monoisotopic (exact) mass is 304 g/mol. The maximum Gasteiger partial charge on any atom is 0.310 e. The van der Waals surface area contributed by atoms with Crippen molar-refractivity contribution in [3.8, 4) is 0 Å². The molecule has 1 heterocycles. The van der Waals surface area contributed by atoms with Crippen molar-refractivity contribution >= 4 is 16.0 Å². The van der Waals surface area contributed by atoms with Crippen LogP contribution >= 0.6 is 0 Å². The van der Waals surface area contributed by atoms with E-state index in [1.54, 1.807) is 4.31 Å². The standard InChI is InChI=1S/C13H24N2O4S/c1-14-7-4-8-15(10-9-14)20(17,18)12-6-3-5-11(12)13(16)19-2/h11-12H,3-10H2,1-2H3. The molecule has 6 nitrogen and oxygen atoms in total. The zero-order valence-corrected chi connectivity index (χ0v) is 13.1. The van der Waals surface area contributed by atoms with E-state index in [0.717, 1.165) is 25.9 Å². The van der Waals surface area contributed by atoms with Crippen LogP contribution in [-0.4, -0.2) is 69.2 Å². The number of carbonyl (C=O) groups excluding carboxylic acids is 1. The third-order valence-corrected chi connectivity index (χ3v) is 6.79. The SMILES string of the molecule is COC(=O)C1CCCC1S(=O)(=O)N1CCCN(C)CC1. The van der Waals surface area contributed by atoms with Crippen LogP contribution in [0.25, 0.3) is 0 Å². The first-order valence-corrected chi connectivity index (χ1v) is 8.72. The number of rotatable bonds is 3. The molecule has 0 aromatic rings. The first-order valence-electron chi connectivity index (χ1n) is 7.22. The molecule has 0 bridgehead atoms.